The lowest BCUT2D eigenvalue weighted by molar-refractivity contribution is -0.135. The summed E-state index contributed by atoms with van der Waals surface area (Å²) in [4.78, 5) is 21.7. The van der Waals surface area contributed by atoms with Crippen LogP contribution in [0.3, 0.4) is 0 Å². The molecular weight excluding hydrogens is 368 g/mol. The number of aliphatic hydroxyl groups is 8. The number of carbonyl (C=O) groups excluding carboxylic acids is 2. The Kier molecular flexibility index (Phi) is 12.3. The van der Waals surface area contributed by atoms with Crippen molar-refractivity contribution in [3.8, 4) is 0 Å². The molecule has 0 saturated carbocycles. The Morgan fingerprint density at radius 2 is 1.00 bits per heavy atom. The zero-order valence-electron chi connectivity index (χ0n) is 12.8. The van der Waals surface area contributed by atoms with Crippen LogP contribution in [-0.2, 0) is 18.0 Å². The van der Waals surface area contributed by atoms with Gasteiger partial charge in [0.2, 0.25) is 0 Å². The number of rotatable bonds is 14. The molecule has 13 heteroatoms. The molecule has 0 aliphatic carbocycles. The molecule has 0 aromatic rings. The summed E-state index contributed by atoms with van der Waals surface area (Å²) in [6, 6.07) is 0. The van der Waals surface area contributed by atoms with Gasteiger partial charge in [-0.25, -0.2) is 0 Å². The van der Waals surface area contributed by atoms with E-state index >= 15 is 0 Å². The second-order valence-electron chi connectivity index (χ2n) is 4.92. The largest absolute Gasteiger partial charge is 0.394 e. The molecule has 0 aliphatic heterocycles. The Bertz CT molecular complexity index is 351. The number of hydrogen-bond acceptors (Lipinski definition) is 13. The summed E-state index contributed by atoms with van der Waals surface area (Å²) in [7, 11) is 0. The van der Waals surface area contributed by atoms with Crippen LogP contribution in [0.4, 0.5) is 0 Å². The summed E-state index contributed by atoms with van der Waals surface area (Å²) in [5.41, 5.74) is 0. The Hall–Kier alpha value is -0.710. The van der Waals surface area contributed by atoms with Gasteiger partial charge in [0, 0.05) is 0 Å². The quantitative estimate of drug-likeness (QED) is 0.103. The van der Waals surface area contributed by atoms with Gasteiger partial charge in [-0.1, -0.05) is 0 Å². The van der Waals surface area contributed by atoms with E-state index in [0.717, 1.165) is 0 Å². The second-order valence-corrected chi connectivity index (χ2v) is 5.45. The fraction of sp³-hybridized carbons (Fsp3) is 0.833. The summed E-state index contributed by atoms with van der Waals surface area (Å²) in [5, 5.41) is 73.9. The van der Waals surface area contributed by atoms with Crippen molar-refractivity contribution < 1.29 is 58.8 Å². The Labute approximate surface area is 146 Å². The zero-order chi connectivity index (χ0) is 19.6. The second kappa shape index (κ2) is 12.6. The number of aliphatic hydroxyl groups excluding tert-OH is 8. The van der Waals surface area contributed by atoms with Crippen molar-refractivity contribution in [3.63, 3.8) is 0 Å². The third-order valence-electron chi connectivity index (χ3n) is 3.10. The van der Waals surface area contributed by atoms with E-state index in [4.69, 9.17) is 10.2 Å². The highest BCUT2D eigenvalue weighted by atomic mass is 32.2. The first kappa shape index (κ1) is 24.3. The molecule has 0 amide bonds. The molecule has 8 atom stereocenters. The van der Waals surface area contributed by atoms with Crippen LogP contribution in [0.15, 0.2) is 0 Å². The minimum absolute atomic E-state index is 0.0443. The SMILES string of the molecule is O=C[C@H](OSO[C@@H](C=O)[C@@H](O)[C@@H](O)[C@H](O)CO)[C@@H](O)[C@@H](O)[C@H](O)CO. The standard InChI is InChI=1S/C12H22O12S/c13-1-5(17)9(19)11(21)7(3-15)23-25-24-8(4-16)12(22)10(20)6(18)2-14/h3-14,17-22H,1-2H2/t5-,6-,7+,8+,9+,10+,11-,12-/m1/s1. The van der Waals surface area contributed by atoms with Gasteiger partial charge in [0.25, 0.3) is 0 Å². The van der Waals surface area contributed by atoms with Gasteiger partial charge in [-0.3, -0.25) is 8.37 Å². The van der Waals surface area contributed by atoms with E-state index in [-0.39, 0.29) is 24.9 Å². The molecule has 0 aromatic heterocycles. The lowest BCUT2D eigenvalue weighted by atomic mass is 10.0. The number of carbonyl (C=O) groups is 2. The maximum Gasteiger partial charge on any atom is 0.160 e. The average Bonchev–Trinajstić information content (AvgIpc) is 2.64. The van der Waals surface area contributed by atoms with Crippen LogP contribution in [0.25, 0.3) is 0 Å². The maximum absolute atomic E-state index is 10.8. The normalized spacial score (nSPS) is 21.4. The average molecular weight is 390 g/mol. The summed E-state index contributed by atoms with van der Waals surface area (Å²) in [5.74, 6) is 0. The van der Waals surface area contributed by atoms with Crippen LogP contribution >= 0.6 is 12.3 Å². The van der Waals surface area contributed by atoms with E-state index < -0.39 is 62.0 Å². The van der Waals surface area contributed by atoms with Crippen molar-refractivity contribution in [3.05, 3.63) is 0 Å². The van der Waals surface area contributed by atoms with Gasteiger partial charge in [-0.15, -0.1) is 0 Å². The number of aldehydes is 2. The van der Waals surface area contributed by atoms with Gasteiger partial charge < -0.3 is 50.4 Å². The van der Waals surface area contributed by atoms with Crippen LogP contribution in [-0.4, -0.2) is 115 Å². The smallest absolute Gasteiger partial charge is 0.160 e. The predicted molar refractivity (Wildman–Crippen MR) is 79.7 cm³/mol. The lowest BCUT2D eigenvalue weighted by Crippen LogP contribution is -2.47. The van der Waals surface area contributed by atoms with Crippen LogP contribution < -0.4 is 0 Å². The van der Waals surface area contributed by atoms with Crippen LogP contribution in [0.5, 0.6) is 0 Å². The molecular formula is C12H22O12S. The summed E-state index contributed by atoms with van der Waals surface area (Å²) >= 11 is -0.0443. The van der Waals surface area contributed by atoms with Crippen molar-refractivity contribution in [1.82, 2.24) is 0 Å². The summed E-state index contributed by atoms with van der Waals surface area (Å²) in [6.07, 6.45) is -14.6. The van der Waals surface area contributed by atoms with Crippen LogP contribution in [0.1, 0.15) is 0 Å². The van der Waals surface area contributed by atoms with Crippen molar-refractivity contribution in [1.29, 1.82) is 0 Å². The molecule has 0 spiro atoms. The first-order valence-electron chi connectivity index (χ1n) is 6.94. The molecule has 12 nitrogen and oxygen atoms in total. The van der Waals surface area contributed by atoms with Gasteiger partial charge in [0.1, 0.15) is 36.6 Å². The monoisotopic (exact) mass is 390 g/mol. The molecule has 0 bridgehead atoms. The third kappa shape index (κ3) is 7.59. The minimum Gasteiger partial charge on any atom is -0.394 e. The van der Waals surface area contributed by atoms with Crippen molar-refractivity contribution >= 4 is 24.9 Å². The highest BCUT2D eigenvalue weighted by Crippen LogP contribution is 2.18. The Balaban J connectivity index is 4.61. The molecule has 0 heterocycles. The molecule has 25 heavy (non-hydrogen) atoms. The highest BCUT2D eigenvalue weighted by molar-refractivity contribution is 7.89. The number of hydrogen-bond donors (Lipinski definition) is 8. The Morgan fingerprint density at radius 1 is 0.680 bits per heavy atom. The van der Waals surface area contributed by atoms with Gasteiger partial charge in [-0.2, -0.15) is 0 Å². The molecule has 0 radical (unpaired) electrons. The van der Waals surface area contributed by atoms with Crippen LogP contribution in [0, 0.1) is 0 Å². The van der Waals surface area contributed by atoms with E-state index in [0.29, 0.717) is 0 Å². The van der Waals surface area contributed by atoms with Gasteiger partial charge >= 0.3 is 0 Å². The van der Waals surface area contributed by atoms with E-state index in [1.54, 1.807) is 0 Å². The molecule has 0 aromatic carbocycles. The topological polar surface area (TPSA) is 214 Å². The van der Waals surface area contributed by atoms with Gasteiger partial charge in [0.05, 0.1) is 13.2 Å². The molecule has 0 aliphatic rings. The molecule has 0 saturated heterocycles. The van der Waals surface area contributed by atoms with E-state index in [9.17, 15) is 40.2 Å². The van der Waals surface area contributed by atoms with Crippen molar-refractivity contribution in [2.75, 3.05) is 13.2 Å². The van der Waals surface area contributed by atoms with Gasteiger partial charge in [-0.05, 0) is 0 Å². The van der Waals surface area contributed by atoms with E-state index in [1.807, 2.05) is 0 Å². The first-order valence-corrected chi connectivity index (χ1v) is 7.61. The fourth-order valence-corrected chi connectivity index (χ4v) is 2.04. The maximum atomic E-state index is 10.8. The Morgan fingerprint density at radius 3 is 1.24 bits per heavy atom. The summed E-state index contributed by atoms with van der Waals surface area (Å²) in [6.45, 7) is -1.78. The van der Waals surface area contributed by atoms with Crippen LogP contribution in [0.2, 0.25) is 0 Å². The predicted octanol–water partition coefficient (Wildman–Crippen LogP) is -5.13. The summed E-state index contributed by atoms with van der Waals surface area (Å²) < 4.78 is 9.36. The highest BCUT2D eigenvalue weighted by Gasteiger charge is 2.34. The minimum atomic E-state index is -1.95. The molecule has 148 valence electrons. The molecule has 0 fully saturated rings. The fourth-order valence-electron chi connectivity index (χ4n) is 1.49. The molecule has 8 N–H and O–H groups in total. The molecule has 0 unspecified atom stereocenters. The zero-order valence-corrected chi connectivity index (χ0v) is 13.6. The van der Waals surface area contributed by atoms with E-state index in [1.165, 1.54) is 0 Å². The third-order valence-corrected chi connectivity index (χ3v) is 3.71. The lowest BCUT2D eigenvalue weighted by Gasteiger charge is -2.26. The van der Waals surface area contributed by atoms with Crippen molar-refractivity contribution in [2.45, 2.75) is 48.8 Å². The van der Waals surface area contributed by atoms with Gasteiger partial charge in [0.15, 0.2) is 37.1 Å². The van der Waals surface area contributed by atoms with Crippen molar-refractivity contribution in [2.24, 2.45) is 0 Å². The molecule has 0 rings (SSSR count). The first-order chi connectivity index (χ1) is 11.7. The van der Waals surface area contributed by atoms with E-state index in [2.05, 4.69) is 8.37 Å².